The zero-order valence-corrected chi connectivity index (χ0v) is 11.3. The van der Waals surface area contributed by atoms with Crippen molar-refractivity contribution in [2.45, 2.75) is 24.4 Å². The quantitative estimate of drug-likeness (QED) is 0.748. The Morgan fingerprint density at radius 3 is 3.00 bits per heavy atom. The van der Waals surface area contributed by atoms with Crippen LogP contribution in [0.1, 0.15) is 10.4 Å². The summed E-state index contributed by atoms with van der Waals surface area (Å²) in [6, 6.07) is 7.26. The number of nitrogens with one attached hydrogen (secondary N) is 2. The van der Waals surface area contributed by atoms with Crippen molar-refractivity contribution in [3.05, 3.63) is 36.0 Å². The van der Waals surface area contributed by atoms with Crippen molar-refractivity contribution in [3.8, 4) is 0 Å². The molecule has 4 atom stereocenters. The Kier molecular flexibility index (Phi) is 2.95. The Morgan fingerprint density at radius 1 is 1.24 bits per heavy atom. The molecule has 6 nitrogen and oxygen atoms in total. The monoisotopic (exact) mass is 288 g/mol. The van der Waals surface area contributed by atoms with Gasteiger partial charge in [0.1, 0.15) is 18.3 Å². The molecule has 1 amide bonds. The molecule has 3 heterocycles. The average molecular weight is 288 g/mol. The van der Waals surface area contributed by atoms with Crippen LogP contribution in [0.5, 0.6) is 0 Å². The summed E-state index contributed by atoms with van der Waals surface area (Å²) in [5, 5.41) is 13.7. The first-order valence-corrected chi connectivity index (χ1v) is 7.01. The van der Waals surface area contributed by atoms with Crippen LogP contribution in [0.15, 0.2) is 30.5 Å². The molecule has 1 aromatic carbocycles. The van der Waals surface area contributed by atoms with E-state index in [1.54, 1.807) is 6.07 Å². The highest BCUT2D eigenvalue weighted by molar-refractivity contribution is 5.98. The summed E-state index contributed by atoms with van der Waals surface area (Å²) in [4.78, 5) is 15.4. The number of amides is 1. The van der Waals surface area contributed by atoms with Crippen LogP contribution in [-0.4, -0.2) is 53.6 Å². The lowest BCUT2D eigenvalue weighted by Crippen LogP contribution is -2.44. The number of benzene rings is 1. The molecule has 3 N–H and O–H groups in total. The van der Waals surface area contributed by atoms with Crippen LogP contribution in [-0.2, 0) is 9.47 Å². The Bertz CT molecular complexity index is 683. The standard InChI is InChI=1S/C15H16N2O4/c18-12-7-21-13-11(6-20-14(12)13)17-15(19)9-2-1-8-3-4-16-10(8)5-9/h1-5,11-14,16,18H,6-7H2,(H,17,19)/t11-,12-,13+,14+/m0/s1. The van der Waals surface area contributed by atoms with Crippen molar-refractivity contribution < 1.29 is 19.4 Å². The molecule has 2 saturated heterocycles. The molecule has 21 heavy (non-hydrogen) atoms. The Balaban J connectivity index is 1.50. The van der Waals surface area contributed by atoms with E-state index in [2.05, 4.69) is 10.3 Å². The first-order valence-electron chi connectivity index (χ1n) is 7.01. The van der Waals surface area contributed by atoms with Crippen LogP contribution in [0.3, 0.4) is 0 Å². The number of ether oxygens (including phenoxy) is 2. The number of aliphatic hydroxyl groups excluding tert-OH is 1. The maximum Gasteiger partial charge on any atom is 0.251 e. The van der Waals surface area contributed by atoms with Gasteiger partial charge in [-0.25, -0.2) is 0 Å². The van der Waals surface area contributed by atoms with Gasteiger partial charge in [0.25, 0.3) is 5.91 Å². The largest absolute Gasteiger partial charge is 0.388 e. The van der Waals surface area contributed by atoms with E-state index in [1.807, 2.05) is 24.4 Å². The lowest BCUT2D eigenvalue weighted by Gasteiger charge is -2.17. The molecule has 0 spiro atoms. The summed E-state index contributed by atoms with van der Waals surface area (Å²) >= 11 is 0. The van der Waals surface area contributed by atoms with Gasteiger partial charge in [0, 0.05) is 17.3 Å². The third kappa shape index (κ3) is 2.12. The molecule has 0 bridgehead atoms. The van der Waals surface area contributed by atoms with Crippen molar-refractivity contribution >= 4 is 16.8 Å². The number of carbonyl (C=O) groups is 1. The van der Waals surface area contributed by atoms with Crippen molar-refractivity contribution in [2.75, 3.05) is 13.2 Å². The fourth-order valence-corrected chi connectivity index (χ4v) is 3.04. The number of aliphatic hydroxyl groups is 1. The molecule has 4 rings (SSSR count). The molecule has 2 aromatic rings. The number of aromatic amines is 1. The van der Waals surface area contributed by atoms with Crippen molar-refractivity contribution in [2.24, 2.45) is 0 Å². The van der Waals surface area contributed by atoms with E-state index < -0.39 is 6.10 Å². The number of rotatable bonds is 2. The van der Waals surface area contributed by atoms with Gasteiger partial charge in [-0.15, -0.1) is 0 Å². The Labute approximate surface area is 121 Å². The normalized spacial score (nSPS) is 31.5. The predicted octanol–water partition coefficient (Wildman–Crippen LogP) is 0.425. The molecular formula is C15H16N2O4. The van der Waals surface area contributed by atoms with E-state index >= 15 is 0 Å². The fourth-order valence-electron chi connectivity index (χ4n) is 3.04. The third-order valence-electron chi connectivity index (χ3n) is 4.16. The van der Waals surface area contributed by atoms with E-state index in [0.717, 1.165) is 10.9 Å². The van der Waals surface area contributed by atoms with Gasteiger partial charge in [0.2, 0.25) is 0 Å². The number of hydrogen-bond acceptors (Lipinski definition) is 4. The molecule has 110 valence electrons. The summed E-state index contributed by atoms with van der Waals surface area (Å²) in [7, 11) is 0. The second-order valence-corrected chi connectivity index (χ2v) is 5.52. The minimum absolute atomic E-state index is 0.161. The van der Waals surface area contributed by atoms with Gasteiger partial charge in [-0.1, -0.05) is 6.07 Å². The van der Waals surface area contributed by atoms with Crippen LogP contribution < -0.4 is 5.32 Å². The molecule has 0 unspecified atom stereocenters. The topological polar surface area (TPSA) is 83.6 Å². The van der Waals surface area contributed by atoms with Gasteiger partial charge < -0.3 is 24.9 Å². The maximum atomic E-state index is 12.3. The van der Waals surface area contributed by atoms with Gasteiger partial charge in [0.05, 0.1) is 19.3 Å². The smallest absolute Gasteiger partial charge is 0.251 e. The second kappa shape index (κ2) is 4.84. The molecule has 6 heteroatoms. The van der Waals surface area contributed by atoms with Crippen LogP contribution in [0.4, 0.5) is 0 Å². The van der Waals surface area contributed by atoms with E-state index in [9.17, 15) is 9.90 Å². The van der Waals surface area contributed by atoms with Gasteiger partial charge in [-0.05, 0) is 23.6 Å². The first-order chi connectivity index (χ1) is 10.2. The number of carbonyl (C=O) groups excluding carboxylic acids is 1. The third-order valence-corrected chi connectivity index (χ3v) is 4.16. The van der Waals surface area contributed by atoms with Crippen molar-refractivity contribution in [1.82, 2.24) is 10.3 Å². The summed E-state index contributed by atoms with van der Waals surface area (Å²) in [5.74, 6) is -0.161. The second-order valence-electron chi connectivity index (χ2n) is 5.52. The number of aromatic nitrogens is 1. The average Bonchev–Trinajstić information content (AvgIpc) is 3.17. The molecule has 2 aliphatic heterocycles. The highest BCUT2D eigenvalue weighted by Crippen LogP contribution is 2.27. The predicted molar refractivity (Wildman–Crippen MR) is 75.0 cm³/mol. The lowest BCUT2D eigenvalue weighted by molar-refractivity contribution is 0.0178. The minimum Gasteiger partial charge on any atom is -0.388 e. The molecule has 0 saturated carbocycles. The van der Waals surface area contributed by atoms with Crippen LogP contribution >= 0.6 is 0 Å². The Morgan fingerprint density at radius 2 is 2.10 bits per heavy atom. The van der Waals surface area contributed by atoms with E-state index in [-0.39, 0.29) is 30.8 Å². The molecule has 2 fully saturated rings. The summed E-state index contributed by atoms with van der Waals surface area (Å²) in [5.41, 5.74) is 1.52. The summed E-state index contributed by atoms with van der Waals surface area (Å²) in [6.07, 6.45) is 0.640. The zero-order valence-electron chi connectivity index (χ0n) is 11.3. The highest BCUT2D eigenvalue weighted by Gasteiger charge is 2.47. The Hall–Kier alpha value is -1.89. The number of hydrogen-bond donors (Lipinski definition) is 3. The van der Waals surface area contributed by atoms with Crippen LogP contribution in [0.2, 0.25) is 0 Å². The van der Waals surface area contributed by atoms with Gasteiger partial charge in [0.15, 0.2) is 0 Å². The zero-order chi connectivity index (χ0) is 14.4. The number of H-pyrrole nitrogens is 1. The van der Waals surface area contributed by atoms with Crippen molar-refractivity contribution in [1.29, 1.82) is 0 Å². The molecule has 2 aliphatic rings. The van der Waals surface area contributed by atoms with Crippen LogP contribution in [0, 0.1) is 0 Å². The highest BCUT2D eigenvalue weighted by atomic mass is 16.6. The molecular weight excluding hydrogens is 272 g/mol. The lowest BCUT2D eigenvalue weighted by atomic mass is 10.1. The van der Waals surface area contributed by atoms with E-state index in [0.29, 0.717) is 12.2 Å². The van der Waals surface area contributed by atoms with Gasteiger partial charge in [-0.2, -0.15) is 0 Å². The van der Waals surface area contributed by atoms with E-state index in [1.165, 1.54) is 0 Å². The van der Waals surface area contributed by atoms with Gasteiger partial charge in [-0.3, -0.25) is 4.79 Å². The first kappa shape index (κ1) is 12.8. The molecule has 0 radical (unpaired) electrons. The van der Waals surface area contributed by atoms with Crippen molar-refractivity contribution in [3.63, 3.8) is 0 Å². The SMILES string of the molecule is O=C(N[C@H]1CO[C@H]2[C@@H]1OC[C@@H]2O)c1ccc2cc[nH]c2c1. The van der Waals surface area contributed by atoms with E-state index in [4.69, 9.17) is 9.47 Å². The number of fused-ring (bicyclic) bond motifs is 2. The summed E-state index contributed by atoms with van der Waals surface area (Å²) < 4.78 is 11.0. The fraction of sp³-hybridized carbons (Fsp3) is 0.400. The minimum atomic E-state index is -0.604. The van der Waals surface area contributed by atoms with Gasteiger partial charge >= 0.3 is 0 Å². The van der Waals surface area contributed by atoms with Crippen LogP contribution in [0.25, 0.3) is 10.9 Å². The summed E-state index contributed by atoms with van der Waals surface area (Å²) in [6.45, 7) is 0.624. The molecule has 1 aromatic heterocycles. The maximum absolute atomic E-state index is 12.3. The molecule has 0 aliphatic carbocycles.